The Kier molecular flexibility index (Phi) is 3.05. The number of thiazole rings is 1. The van der Waals surface area contributed by atoms with E-state index in [1.165, 1.54) is 23.5 Å². The lowest BCUT2D eigenvalue weighted by Gasteiger charge is -1.98. The van der Waals surface area contributed by atoms with Gasteiger partial charge in [-0.2, -0.15) is 0 Å². The summed E-state index contributed by atoms with van der Waals surface area (Å²) in [4.78, 5) is 14.4. The van der Waals surface area contributed by atoms with Gasteiger partial charge in [0.15, 0.2) is 6.29 Å². The summed E-state index contributed by atoms with van der Waals surface area (Å²) in [6.07, 6.45) is 0.972. The monoisotopic (exact) mass is 239 g/mol. The van der Waals surface area contributed by atoms with Crippen molar-refractivity contribution in [2.75, 3.05) is 0 Å². The largest absolute Gasteiger partial charge is 0.296 e. The van der Waals surface area contributed by atoms with Crippen molar-refractivity contribution < 1.29 is 13.6 Å². The average molecular weight is 239 g/mol. The average Bonchev–Trinajstić information content (AvgIpc) is 2.64. The number of benzene rings is 1. The molecule has 2 rings (SSSR count). The predicted octanol–water partition coefficient (Wildman–Crippen LogP) is 2.82. The molecule has 0 aliphatic rings. The topological polar surface area (TPSA) is 30.0 Å². The zero-order valence-corrected chi connectivity index (χ0v) is 8.93. The van der Waals surface area contributed by atoms with Crippen LogP contribution in [0.1, 0.15) is 21.1 Å². The molecule has 2 nitrogen and oxygen atoms in total. The van der Waals surface area contributed by atoms with Crippen molar-refractivity contribution in [3.8, 4) is 0 Å². The highest BCUT2D eigenvalue weighted by molar-refractivity contribution is 7.09. The summed E-state index contributed by atoms with van der Waals surface area (Å²) < 4.78 is 25.8. The lowest BCUT2D eigenvalue weighted by atomic mass is 10.1. The van der Waals surface area contributed by atoms with Gasteiger partial charge in [0, 0.05) is 17.9 Å². The zero-order valence-electron chi connectivity index (χ0n) is 8.11. The number of hydrogen-bond donors (Lipinski definition) is 0. The third-order valence-corrected chi connectivity index (χ3v) is 2.83. The SMILES string of the molecule is O=Cc1csc(Cc2cc(F)cc(F)c2)n1. The Labute approximate surface area is 94.6 Å². The first-order valence-electron chi connectivity index (χ1n) is 4.52. The highest BCUT2D eigenvalue weighted by Gasteiger charge is 2.05. The van der Waals surface area contributed by atoms with Crippen LogP contribution >= 0.6 is 11.3 Å². The summed E-state index contributed by atoms with van der Waals surface area (Å²) in [5.41, 5.74) is 0.848. The van der Waals surface area contributed by atoms with E-state index in [9.17, 15) is 13.6 Å². The Morgan fingerprint density at radius 1 is 1.25 bits per heavy atom. The molecule has 0 atom stereocenters. The van der Waals surface area contributed by atoms with Gasteiger partial charge in [0.25, 0.3) is 0 Å². The second kappa shape index (κ2) is 4.49. The molecule has 82 valence electrons. The maximum atomic E-state index is 12.9. The van der Waals surface area contributed by atoms with Crippen LogP contribution < -0.4 is 0 Å². The summed E-state index contributed by atoms with van der Waals surface area (Å²) in [6.45, 7) is 0. The fraction of sp³-hybridized carbons (Fsp3) is 0.0909. The maximum Gasteiger partial charge on any atom is 0.169 e. The van der Waals surface area contributed by atoms with E-state index in [1.807, 2.05) is 0 Å². The summed E-state index contributed by atoms with van der Waals surface area (Å²) >= 11 is 1.29. The van der Waals surface area contributed by atoms with Crippen LogP contribution in [0.2, 0.25) is 0 Å². The minimum absolute atomic E-state index is 0.327. The Morgan fingerprint density at radius 3 is 2.50 bits per heavy atom. The number of aldehydes is 1. The van der Waals surface area contributed by atoms with Gasteiger partial charge < -0.3 is 0 Å². The van der Waals surface area contributed by atoms with E-state index in [-0.39, 0.29) is 0 Å². The number of aromatic nitrogens is 1. The van der Waals surface area contributed by atoms with Gasteiger partial charge in [-0.05, 0) is 17.7 Å². The highest BCUT2D eigenvalue weighted by Crippen LogP contribution is 2.16. The van der Waals surface area contributed by atoms with Crippen LogP contribution in [0.25, 0.3) is 0 Å². The van der Waals surface area contributed by atoms with E-state index in [0.717, 1.165) is 6.07 Å². The van der Waals surface area contributed by atoms with E-state index in [0.29, 0.717) is 29.0 Å². The van der Waals surface area contributed by atoms with Gasteiger partial charge in [-0.25, -0.2) is 13.8 Å². The first-order valence-corrected chi connectivity index (χ1v) is 5.40. The van der Waals surface area contributed by atoms with Crippen LogP contribution in [0.4, 0.5) is 8.78 Å². The number of nitrogens with zero attached hydrogens (tertiary/aromatic N) is 1. The van der Waals surface area contributed by atoms with E-state index in [1.54, 1.807) is 5.38 Å². The second-order valence-corrected chi connectivity index (χ2v) is 4.18. The molecule has 0 radical (unpaired) electrons. The molecule has 2 aromatic rings. The van der Waals surface area contributed by atoms with Crippen molar-refractivity contribution in [3.05, 3.63) is 51.5 Å². The van der Waals surface area contributed by atoms with Crippen LogP contribution in [0.15, 0.2) is 23.6 Å². The molecule has 16 heavy (non-hydrogen) atoms. The molecule has 5 heteroatoms. The summed E-state index contributed by atoms with van der Waals surface area (Å²) in [6, 6.07) is 3.33. The summed E-state index contributed by atoms with van der Waals surface area (Å²) in [5.74, 6) is -1.22. The van der Waals surface area contributed by atoms with Crippen molar-refractivity contribution in [2.45, 2.75) is 6.42 Å². The molecule has 0 amide bonds. The molecule has 0 saturated heterocycles. The molecule has 0 bridgehead atoms. The van der Waals surface area contributed by atoms with Gasteiger partial charge >= 0.3 is 0 Å². The zero-order chi connectivity index (χ0) is 11.5. The Morgan fingerprint density at radius 2 is 1.94 bits per heavy atom. The van der Waals surface area contributed by atoms with Crippen molar-refractivity contribution in [1.29, 1.82) is 0 Å². The first kappa shape index (κ1) is 10.9. The third-order valence-electron chi connectivity index (χ3n) is 1.97. The standard InChI is InChI=1S/C11H7F2NOS/c12-8-1-7(2-9(13)4-8)3-11-14-10(5-15)6-16-11/h1-2,4-6H,3H2. The van der Waals surface area contributed by atoms with Crippen LogP contribution in [-0.2, 0) is 6.42 Å². The molecule has 0 N–H and O–H groups in total. The molecule has 0 aliphatic carbocycles. The summed E-state index contributed by atoms with van der Waals surface area (Å²) in [5, 5.41) is 2.27. The Hall–Kier alpha value is -1.62. The lowest BCUT2D eigenvalue weighted by molar-refractivity contribution is 0.111. The lowest BCUT2D eigenvalue weighted by Crippen LogP contribution is -1.91. The molecular formula is C11H7F2NOS. The van der Waals surface area contributed by atoms with Crippen LogP contribution in [0, 0.1) is 11.6 Å². The van der Waals surface area contributed by atoms with Gasteiger partial charge in [-0.3, -0.25) is 4.79 Å². The minimum Gasteiger partial charge on any atom is -0.296 e. The smallest absolute Gasteiger partial charge is 0.169 e. The number of rotatable bonds is 3. The minimum atomic E-state index is -0.609. The third kappa shape index (κ3) is 2.49. The molecule has 1 aromatic heterocycles. The van der Waals surface area contributed by atoms with E-state index >= 15 is 0 Å². The number of carbonyl (C=O) groups excluding carboxylic acids is 1. The highest BCUT2D eigenvalue weighted by atomic mass is 32.1. The molecular weight excluding hydrogens is 232 g/mol. The van der Waals surface area contributed by atoms with Crippen LogP contribution in [0.5, 0.6) is 0 Å². The molecule has 0 saturated carbocycles. The van der Waals surface area contributed by atoms with Crippen LogP contribution in [0.3, 0.4) is 0 Å². The van der Waals surface area contributed by atoms with Gasteiger partial charge in [-0.15, -0.1) is 11.3 Å². The van der Waals surface area contributed by atoms with Crippen molar-refractivity contribution >= 4 is 17.6 Å². The van der Waals surface area contributed by atoms with Gasteiger partial charge in [0.05, 0.1) is 5.01 Å². The van der Waals surface area contributed by atoms with Crippen molar-refractivity contribution in [1.82, 2.24) is 4.98 Å². The molecule has 0 spiro atoms. The van der Waals surface area contributed by atoms with E-state index in [2.05, 4.69) is 4.98 Å². The van der Waals surface area contributed by atoms with Gasteiger partial charge in [0.1, 0.15) is 17.3 Å². The first-order chi connectivity index (χ1) is 7.67. The van der Waals surface area contributed by atoms with Crippen LogP contribution in [-0.4, -0.2) is 11.3 Å². The Balaban J connectivity index is 2.22. The fourth-order valence-electron chi connectivity index (χ4n) is 1.35. The summed E-state index contributed by atoms with van der Waals surface area (Å²) in [7, 11) is 0. The number of halogens is 2. The predicted molar refractivity (Wildman–Crippen MR) is 56.7 cm³/mol. The van der Waals surface area contributed by atoms with Gasteiger partial charge in [-0.1, -0.05) is 0 Å². The number of hydrogen-bond acceptors (Lipinski definition) is 3. The van der Waals surface area contributed by atoms with E-state index < -0.39 is 11.6 Å². The molecule has 1 aromatic carbocycles. The quantitative estimate of drug-likeness (QED) is 0.771. The molecule has 0 unspecified atom stereocenters. The molecule has 0 fully saturated rings. The number of carbonyl (C=O) groups is 1. The Bertz CT molecular complexity index is 504. The van der Waals surface area contributed by atoms with E-state index in [4.69, 9.17) is 0 Å². The maximum absolute atomic E-state index is 12.9. The second-order valence-electron chi connectivity index (χ2n) is 3.24. The molecule has 1 heterocycles. The van der Waals surface area contributed by atoms with Crippen molar-refractivity contribution in [2.24, 2.45) is 0 Å². The van der Waals surface area contributed by atoms with Crippen molar-refractivity contribution in [3.63, 3.8) is 0 Å². The molecule has 0 aliphatic heterocycles. The normalized spacial score (nSPS) is 10.4. The fourth-order valence-corrected chi connectivity index (χ4v) is 2.12. The van der Waals surface area contributed by atoms with Gasteiger partial charge in [0.2, 0.25) is 0 Å².